The molecule has 1 aliphatic rings. The van der Waals surface area contributed by atoms with Crippen LogP contribution in [0, 0.1) is 6.92 Å². The van der Waals surface area contributed by atoms with E-state index in [1.165, 1.54) is 41.7 Å². The minimum absolute atomic E-state index is 0.00161. The van der Waals surface area contributed by atoms with E-state index in [-0.39, 0.29) is 26.7 Å². The normalized spacial score (nSPS) is 14.4. The van der Waals surface area contributed by atoms with Gasteiger partial charge < -0.3 is 10.1 Å². The summed E-state index contributed by atoms with van der Waals surface area (Å²) in [6.45, 7) is 2.65. The number of carbonyl (C=O) groups is 1. The van der Waals surface area contributed by atoms with E-state index in [0.717, 1.165) is 12.8 Å². The van der Waals surface area contributed by atoms with Crippen LogP contribution in [0.3, 0.4) is 0 Å². The number of nitrogens with zero attached hydrogens (tertiary/aromatic N) is 1. The Kier molecular flexibility index (Phi) is 7.34. The third kappa shape index (κ3) is 5.38. The van der Waals surface area contributed by atoms with Crippen molar-refractivity contribution in [3.05, 3.63) is 77.9 Å². The van der Waals surface area contributed by atoms with Crippen molar-refractivity contribution in [2.45, 2.75) is 29.6 Å². The minimum atomic E-state index is -3.98. The van der Waals surface area contributed by atoms with Gasteiger partial charge in [-0.15, -0.1) is 0 Å². The molecule has 3 aromatic carbocycles. The maximum absolute atomic E-state index is 13.1. The molecule has 0 unspecified atom stereocenters. The molecule has 1 amide bonds. The standard InChI is InChI=1S/C25H27N3O6S2/c1-18-9-12-20(17-24(18)35(30,31)27-22-7-3-4-8-23(22)34-2)26-25(29)19-10-13-21(14-11-19)36(32,33)28-15-5-6-16-28/h3-4,7-14,17,27H,5-6,15-16H2,1-2H3,(H,26,29). The van der Waals surface area contributed by atoms with Gasteiger partial charge in [-0.2, -0.15) is 4.31 Å². The summed E-state index contributed by atoms with van der Waals surface area (Å²) < 4.78 is 60.8. The topological polar surface area (TPSA) is 122 Å². The SMILES string of the molecule is COc1ccccc1NS(=O)(=O)c1cc(NC(=O)c2ccc(S(=O)(=O)N3CCCC3)cc2)ccc1C. The average Bonchev–Trinajstić information content (AvgIpc) is 3.41. The molecule has 0 aromatic heterocycles. The molecule has 0 saturated carbocycles. The van der Waals surface area contributed by atoms with E-state index in [1.54, 1.807) is 43.3 Å². The van der Waals surface area contributed by atoms with E-state index in [2.05, 4.69) is 10.0 Å². The highest BCUT2D eigenvalue weighted by atomic mass is 32.2. The van der Waals surface area contributed by atoms with Crippen molar-refractivity contribution in [3.8, 4) is 5.75 Å². The highest BCUT2D eigenvalue weighted by molar-refractivity contribution is 7.92. The summed E-state index contributed by atoms with van der Waals surface area (Å²) >= 11 is 0. The summed E-state index contributed by atoms with van der Waals surface area (Å²) in [5.74, 6) is -0.122. The van der Waals surface area contributed by atoms with Crippen LogP contribution >= 0.6 is 0 Å². The molecule has 1 fully saturated rings. The fourth-order valence-electron chi connectivity index (χ4n) is 3.96. The number of anilines is 2. The molecule has 0 aliphatic carbocycles. The predicted octanol–water partition coefficient (Wildman–Crippen LogP) is 3.84. The van der Waals surface area contributed by atoms with Crippen molar-refractivity contribution in [3.63, 3.8) is 0 Å². The first kappa shape index (κ1) is 25.7. The molecule has 190 valence electrons. The minimum Gasteiger partial charge on any atom is -0.495 e. The Morgan fingerprint density at radius 3 is 2.25 bits per heavy atom. The number of nitrogens with one attached hydrogen (secondary N) is 2. The van der Waals surface area contributed by atoms with Crippen LogP contribution in [-0.4, -0.2) is 47.2 Å². The van der Waals surface area contributed by atoms with Gasteiger partial charge in [-0.25, -0.2) is 16.8 Å². The molecule has 9 nitrogen and oxygen atoms in total. The van der Waals surface area contributed by atoms with E-state index < -0.39 is 26.0 Å². The van der Waals surface area contributed by atoms with Gasteiger partial charge in [0.2, 0.25) is 10.0 Å². The number of hydrogen-bond acceptors (Lipinski definition) is 6. The van der Waals surface area contributed by atoms with E-state index >= 15 is 0 Å². The van der Waals surface area contributed by atoms with Crippen molar-refractivity contribution < 1.29 is 26.4 Å². The summed E-state index contributed by atoms with van der Waals surface area (Å²) in [4.78, 5) is 12.9. The Bertz CT molecular complexity index is 1480. The van der Waals surface area contributed by atoms with Crippen molar-refractivity contribution in [2.75, 3.05) is 30.2 Å². The Morgan fingerprint density at radius 2 is 1.58 bits per heavy atom. The Hall–Kier alpha value is -3.41. The predicted molar refractivity (Wildman–Crippen MR) is 137 cm³/mol. The molecule has 0 spiro atoms. The van der Waals surface area contributed by atoms with Gasteiger partial charge in [-0.05, 0) is 73.9 Å². The van der Waals surface area contributed by atoms with Gasteiger partial charge in [0.25, 0.3) is 15.9 Å². The van der Waals surface area contributed by atoms with Crippen LogP contribution in [0.5, 0.6) is 5.75 Å². The van der Waals surface area contributed by atoms with Crippen LogP contribution < -0.4 is 14.8 Å². The largest absolute Gasteiger partial charge is 0.495 e. The first-order chi connectivity index (χ1) is 17.1. The van der Waals surface area contributed by atoms with Gasteiger partial charge in [0.1, 0.15) is 5.75 Å². The first-order valence-corrected chi connectivity index (χ1v) is 14.2. The fraction of sp³-hybridized carbons (Fsp3) is 0.240. The van der Waals surface area contributed by atoms with E-state index in [4.69, 9.17) is 4.74 Å². The molecule has 0 bridgehead atoms. The summed E-state index contributed by atoms with van der Waals surface area (Å²) in [5, 5.41) is 2.68. The number of amides is 1. The Morgan fingerprint density at radius 1 is 0.917 bits per heavy atom. The van der Waals surface area contributed by atoms with Crippen molar-refractivity contribution in [1.29, 1.82) is 0 Å². The lowest BCUT2D eigenvalue weighted by molar-refractivity contribution is 0.102. The second-order valence-electron chi connectivity index (χ2n) is 8.38. The smallest absolute Gasteiger partial charge is 0.262 e. The number of benzene rings is 3. The van der Waals surface area contributed by atoms with Gasteiger partial charge >= 0.3 is 0 Å². The molecule has 1 aliphatic heterocycles. The molecule has 11 heteroatoms. The zero-order chi connectivity index (χ0) is 25.9. The molecule has 1 saturated heterocycles. The van der Waals surface area contributed by atoms with Crippen molar-refractivity contribution in [2.24, 2.45) is 0 Å². The van der Waals surface area contributed by atoms with E-state index in [1.807, 2.05) is 0 Å². The van der Waals surface area contributed by atoms with Crippen LogP contribution in [-0.2, 0) is 20.0 Å². The Labute approximate surface area is 211 Å². The van der Waals surface area contributed by atoms with Crippen LogP contribution in [0.15, 0.2) is 76.5 Å². The van der Waals surface area contributed by atoms with Gasteiger partial charge in [-0.3, -0.25) is 9.52 Å². The first-order valence-electron chi connectivity index (χ1n) is 11.3. The van der Waals surface area contributed by atoms with Crippen LogP contribution in [0.1, 0.15) is 28.8 Å². The van der Waals surface area contributed by atoms with Gasteiger partial charge in [0.15, 0.2) is 0 Å². The second-order valence-corrected chi connectivity index (χ2v) is 12.0. The molecular formula is C25H27N3O6S2. The lowest BCUT2D eigenvalue weighted by Gasteiger charge is -2.16. The number of hydrogen-bond donors (Lipinski definition) is 2. The quantitative estimate of drug-likeness (QED) is 0.457. The molecule has 2 N–H and O–H groups in total. The highest BCUT2D eigenvalue weighted by Gasteiger charge is 2.27. The van der Waals surface area contributed by atoms with E-state index in [0.29, 0.717) is 24.4 Å². The molecular weight excluding hydrogens is 502 g/mol. The van der Waals surface area contributed by atoms with Gasteiger partial charge in [0.05, 0.1) is 22.6 Å². The monoisotopic (exact) mass is 529 g/mol. The molecule has 3 aromatic rings. The summed E-state index contributed by atoms with van der Waals surface area (Å²) in [7, 11) is -6.11. The number of rotatable bonds is 8. The van der Waals surface area contributed by atoms with Crippen molar-refractivity contribution >= 4 is 37.3 Å². The zero-order valence-corrected chi connectivity index (χ0v) is 21.5. The summed E-state index contributed by atoms with van der Waals surface area (Å²) in [5.41, 5.74) is 1.30. The second kappa shape index (κ2) is 10.3. The third-order valence-corrected chi connectivity index (χ3v) is 9.33. The molecule has 1 heterocycles. The number of carbonyl (C=O) groups excluding carboxylic acids is 1. The molecule has 36 heavy (non-hydrogen) atoms. The average molecular weight is 530 g/mol. The number of methoxy groups -OCH3 is 1. The van der Waals surface area contributed by atoms with Crippen LogP contribution in [0.2, 0.25) is 0 Å². The number of aryl methyl sites for hydroxylation is 1. The molecule has 0 atom stereocenters. The van der Waals surface area contributed by atoms with E-state index in [9.17, 15) is 21.6 Å². The van der Waals surface area contributed by atoms with Gasteiger partial charge in [-0.1, -0.05) is 18.2 Å². The maximum Gasteiger partial charge on any atom is 0.262 e. The zero-order valence-electron chi connectivity index (χ0n) is 19.9. The number of para-hydroxylation sites is 2. The lowest BCUT2D eigenvalue weighted by atomic mass is 10.2. The van der Waals surface area contributed by atoms with Crippen LogP contribution in [0.4, 0.5) is 11.4 Å². The lowest BCUT2D eigenvalue weighted by Crippen LogP contribution is -2.27. The molecule has 0 radical (unpaired) electrons. The third-order valence-electron chi connectivity index (χ3n) is 5.91. The number of ether oxygens (including phenoxy) is 1. The van der Waals surface area contributed by atoms with Crippen LogP contribution in [0.25, 0.3) is 0 Å². The number of sulfonamides is 2. The highest BCUT2D eigenvalue weighted by Crippen LogP contribution is 2.28. The van der Waals surface area contributed by atoms with Crippen molar-refractivity contribution in [1.82, 2.24) is 4.31 Å². The summed E-state index contributed by atoms with van der Waals surface area (Å²) in [6, 6.07) is 16.9. The molecule has 4 rings (SSSR count). The fourth-order valence-corrected chi connectivity index (χ4v) is 6.81. The maximum atomic E-state index is 13.1. The summed E-state index contributed by atoms with van der Waals surface area (Å²) in [6.07, 6.45) is 1.67. The Balaban J connectivity index is 1.52. The van der Waals surface area contributed by atoms with Gasteiger partial charge in [0, 0.05) is 24.3 Å².